The molecule has 0 atom stereocenters. The highest BCUT2D eigenvalue weighted by molar-refractivity contribution is 5.86. The number of carbonyl (C=O) groups is 2. The number of nitrogens with one attached hydrogen (secondary N) is 2. The maximum Gasteiger partial charge on any atom is 0.329 e. The summed E-state index contributed by atoms with van der Waals surface area (Å²) in [4.78, 5) is 27.2. The van der Waals surface area contributed by atoms with Crippen molar-refractivity contribution in [1.82, 2.24) is 15.6 Å². The standard InChI is InChI=1S/C13H21N3O4/c1-5-13(6-2,11(17)18)16-12(19)14-7-10-15-8(3)9(4)20-10/h5-7H2,1-4H3,(H,17,18)(H2,14,16,19). The van der Waals surface area contributed by atoms with Gasteiger partial charge in [-0.05, 0) is 26.7 Å². The van der Waals surface area contributed by atoms with E-state index in [1.165, 1.54) is 0 Å². The van der Waals surface area contributed by atoms with Crippen molar-refractivity contribution in [1.29, 1.82) is 0 Å². The maximum absolute atomic E-state index is 11.8. The topological polar surface area (TPSA) is 104 Å². The molecule has 0 spiro atoms. The summed E-state index contributed by atoms with van der Waals surface area (Å²) in [6, 6.07) is -0.551. The average Bonchev–Trinajstić information content (AvgIpc) is 2.72. The molecule has 20 heavy (non-hydrogen) atoms. The fraction of sp³-hybridized carbons (Fsp3) is 0.615. The Morgan fingerprint density at radius 3 is 2.30 bits per heavy atom. The van der Waals surface area contributed by atoms with Crippen molar-refractivity contribution in [2.75, 3.05) is 0 Å². The molecule has 1 heterocycles. The van der Waals surface area contributed by atoms with Crippen LogP contribution < -0.4 is 10.6 Å². The molecule has 0 aliphatic rings. The van der Waals surface area contributed by atoms with Gasteiger partial charge < -0.3 is 20.2 Å². The van der Waals surface area contributed by atoms with E-state index >= 15 is 0 Å². The Balaban J connectivity index is 2.61. The van der Waals surface area contributed by atoms with Gasteiger partial charge in [0.15, 0.2) is 0 Å². The fourth-order valence-corrected chi connectivity index (χ4v) is 1.81. The van der Waals surface area contributed by atoms with Crippen LogP contribution in [0.4, 0.5) is 4.79 Å². The summed E-state index contributed by atoms with van der Waals surface area (Å²) in [5.41, 5.74) is -0.476. The molecule has 0 bridgehead atoms. The Labute approximate surface area is 117 Å². The van der Waals surface area contributed by atoms with Gasteiger partial charge in [-0.15, -0.1) is 0 Å². The summed E-state index contributed by atoms with van der Waals surface area (Å²) < 4.78 is 5.32. The van der Waals surface area contributed by atoms with Crippen LogP contribution in [0, 0.1) is 13.8 Å². The third kappa shape index (κ3) is 3.49. The molecule has 1 rings (SSSR count). The van der Waals surface area contributed by atoms with E-state index in [2.05, 4.69) is 15.6 Å². The zero-order valence-electron chi connectivity index (χ0n) is 12.2. The van der Waals surface area contributed by atoms with Crippen LogP contribution in [0.5, 0.6) is 0 Å². The third-order valence-electron chi connectivity index (χ3n) is 3.44. The lowest BCUT2D eigenvalue weighted by molar-refractivity contribution is -0.144. The number of hydrogen-bond donors (Lipinski definition) is 3. The van der Waals surface area contributed by atoms with E-state index < -0.39 is 17.5 Å². The number of oxazole rings is 1. The van der Waals surface area contributed by atoms with Crippen molar-refractivity contribution in [2.24, 2.45) is 0 Å². The lowest BCUT2D eigenvalue weighted by atomic mass is 9.93. The number of urea groups is 1. The predicted octanol–water partition coefficient (Wildman–Crippen LogP) is 1.73. The van der Waals surface area contributed by atoms with Crippen LogP contribution in [0.3, 0.4) is 0 Å². The molecule has 0 unspecified atom stereocenters. The molecule has 112 valence electrons. The van der Waals surface area contributed by atoms with Gasteiger partial charge >= 0.3 is 12.0 Å². The van der Waals surface area contributed by atoms with Gasteiger partial charge in [0.25, 0.3) is 0 Å². The summed E-state index contributed by atoms with van der Waals surface area (Å²) >= 11 is 0. The van der Waals surface area contributed by atoms with E-state index in [0.717, 1.165) is 5.69 Å². The molecule has 3 N–H and O–H groups in total. The Morgan fingerprint density at radius 2 is 1.90 bits per heavy atom. The molecule has 0 radical (unpaired) electrons. The number of aromatic nitrogens is 1. The summed E-state index contributed by atoms with van der Waals surface area (Å²) in [5, 5.41) is 14.3. The normalized spacial score (nSPS) is 11.2. The smallest absolute Gasteiger partial charge is 0.329 e. The zero-order valence-corrected chi connectivity index (χ0v) is 12.2. The van der Waals surface area contributed by atoms with Crippen molar-refractivity contribution >= 4 is 12.0 Å². The number of carboxylic acids is 1. The van der Waals surface area contributed by atoms with E-state index in [1.54, 1.807) is 20.8 Å². The van der Waals surface area contributed by atoms with Gasteiger partial charge in [0.2, 0.25) is 5.89 Å². The van der Waals surface area contributed by atoms with E-state index in [0.29, 0.717) is 24.5 Å². The average molecular weight is 283 g/mol. The zero-order chi connectivity index (χ0) is 15.3. The molecule has 1 aromatic heterocycles. The van der Waals surface area contributed by atoms with Crippen LogP contribution in [0.2, 0.25) is 0 Å². The van der Waals surface area contributed by atoms with Gasteiger partial charge in [0, 0.05) is 0 Å². The van der Waals surface area contributed by atoms with Crippen LogP contribution in [0.1, 0.15) is 44.0 Å². The Hall–Kier alpha value is -2.05. The van der Waals surface area contributed by atoms with Gasteiger partial charge in [-0.2, -0.15) is 0 Å². The highest BCUT2D eigenvalue weighted by Crippen LogP contribution is 2.15. The van der Waals surface area contributed by atoms with Crippen molar-refractivity contribution in [2.45, 2.75) is 52.6 Å². The van der Waals surface area contributed by atoms with Crippen LogP contribution in [-0.2, 0) is 11.3 Å². The fourth-order valence-electron chi connectivity index (χ4n) is 1.81. The van der Waals surface area contributed by atoms with E-state index in [-0.39, 0.29) is 6.54 Å². The molecule has 0 fully saturated rings. The van der Waals surface area contributed by atoms with Crippen LogP contribution >= 0.6 is 0 Å². The highest BCUT2D eigenvalue weighted by Gasteiger charge is 2.36. The maximum atomic E-state index is 11.8. The molecule has 2 amide bonds. The first kappa shape index (κ1) is 16.0. The lowest BCUT2D eigenvalue weighted by Gasteiger charge is -2.27. The van der Waals surface area contributed by atoms with Crippen LogP contribution in [0.25, 0.3) is 0 Å². The number of amides is 2. The van der Waals surface area contributed by atoms with Crippen molar-refractivity contribution in [3.05, 3.63) is 17.3 Å². The van der Waals surface area contributed by atoms with Crippen molar-refractivity contribution < 1.29 is 19.1 Å². The molecule has 7 nitrogen and oxygen atoms in total. The minimum Gasteiger partial charge on any atom is -0.480 e. The van der Waals surface area contributed by atoms with E-state index in [4.69, 9.17) is 4.42 Å². The van der Waals surface area contributed by atoms with Crippen molar-refractivity contribution in [3.8, 4) is 0 Å². The molecule has 0 saturated heterocycles. The van der Waals surface area contributed by atoms with Gasteiger partial charge in [0.1, 0.15) is 11.3 Å². The summed E-state index contributed by atoms with van der Waals surface area (Å²) in [7, 11) is 0. The monoisotopic (exact) mass is 283 g/mol. The second-order valence-electron chi connectivity index (χ2n) is 4.65. The number of aliphatic carboxylic acids is 1. The predicted molar refractivity (Wildman–Crippen MR) is 72.3 cm³/mol. The van der Waals surface area contributed by atoms with E-state index in [1.807, 2.05) is 6.92 Å². The number of aryl methyl sites for hydroxylation is 2. The minimum absolute atomic E-state index is 0.115. The van der Waals surface area contributed by atoms with Crippen LogP contribution in [-0.4, -0.2) is 27.6 Å². The van der Waals surface area contributed by atoms with Crippen LogP contribution in [0.15, 0.2) is 4.42 Å². The number of carboxylic acid groups (broad SMARTS) is 1. The molecule has 7 heteroatoms. The summed E-state index contributed by atoms with van der Waals surface area (Å²) in [6.07, 6.45) is 0.618. The van der Waals surface area contributed by atoms with E-state index in [9.17, 15) is 14.7 Å². The SMILES string of the molecule is CCC(CC)(NC(=O)NCc1nc(C)c(C)o1)C(=O)O. The Bertz CT molecular complexity index is 472. The van der Waals surface area contributed by atoms with Crippen molar-refractivity contribution in [3.63, 3.8) is 0 Å². The molecule has 1 aromatic rings. The number of carbonyl (C=O) groups excluding carboxylic acids is 1. The number of hydrogen-bond acceptors (Lipinski definition) is 4. The van der Waals surface area contributed by atoms with Gasteiger partial charge in [-0.25, -0.2) is 14.6 Å². The first-order valence-corrected chi connectivity index (χ1v) is 6.57. The highest BCUT2D eigenvalue weighted by atomic mass is 16.4. The summed E-state index contributed by atoms with van der Waals surface area (Å²) in [6.45, 7) is 7.16. The molecule has 0 aromatic carbocycles. The minimum atomic E-state index is -1.24. The Kier molecular flexibility index (Phi) is 5.12. The lowest BCUT2D eigenvalue weighted by Crippen LogP contribution is -2.56. The second-order valence-corrected chi connectivity index (χ2v) is 4.65. The molecular weight excluding hydrogens is 262 g/mol. The summed E-state index contributed by atoms with van der Waals surface area (Å²) in [5.74, 6) is 0.0498. The molecule has 0 aliphatic carbocycles. The van der Waals surface area contributed by atoms with Gasteiger partial charge in [0.05, 0.1) is 12.2 Å². The third-order valence-corrected chi connectivity index (χ3v) is 3.44. The Morgan fingerprint density at radius 1 is 1.30 bits per heavy atom. The van der Waals surface area contributed by atoms with Gasteiger partial charge in [-0.1, -0.05) is 13.8 Å². The first-order chi connectivity index (χ1) is 9.34. The number of rotatable bonds is 6. The molecule has 0 saturated carbocycles. The first-order valence-electron chi connectivity index (χ1n) is 6.57. The largest absolute Gasteiger partial charge is 0.480 e. The quantitative estimate of drug-likeness (QED) is 0.737. The molecular formula is C13H21N3O4. The second kappa shape index (κ2) is 6.40. The molecule has 0 aliphatic heterocycles. The number of nitrogens with zero attached hydrogens (tertiary/aromatic N) is 1. The van der Waals surface area contributed by atoms with Gasteiger partial charge in [-0.3, -0.25) is 0 Å².